The molecule has 2 heterocycles. The van der Waals surface area contributed by atoms with Gasteiger partial charge in [0, 0.05) is 19.4 Å². The normalized spacial score (nSPS) is 11.8. The molecule has 9 heteroatoms. The first-order valence-corrected chi connectivity index (χ1v) is 10.6. The first-order valence-electron chi connectivity index (χ1n) is 9.57. The number of methoxy groups -OCH3 is 1. The van der Waals surface area contributed by atoms with Crippen molar-refractivity contribution in [1.29, 1.82) is 0 Å². The van der Waals surface area contributed by atoms with Crippen molar-refractivity contribution in [2.24, 2.45) is 7.05 Å². The van der Waals surface area contributed by atoms with E-state index >= 15 is 0 Å². The van der Waals surface area contributed by atoms with Gasteiger partial charge in [0.15, 0.2) is 0 Å². The summed E-state index contributed by atoms with van der Waals surface area (Å²) in [7, 11) is 3.48. The van der Waals surface area contributed by atoms with Gasteiger partial charge in [0.2, 0.25) is 5.91 Å². The molecule has 0 saturated carbocycles. The highest BCUT2D eigenvalue weighted by atomic mass is 32.2. The van der Waals surface area contributed by atoms with Crippen LogP contribution in [0.3, 0.4) is 0 Å². The van der Waals surface area contributed by atoms with Crippen LogP contribution in [0.4, 0.5) is 0 Å². The monoisotopic (exact) mass is 435 g/mol. The lowest BCUT2D eigenvalue weighted by molar-refractivity contribution is -0.119. The van der Waals surface area contributed by atoms with Crippen molar-refractivity contribution in [2.45, 2.75) is 11.3 Å². The van der Waals surface area contributed by atoms with Gasteiger partial charge in [-0.2, -0.15) is 0 Å². The molecule has 0 radical (unpaired) electrons. The van der Waals surface area contributed by atoms with E-state index in [1.165, 1.54) is 11.8 Å². The Balaban J connectivity index is 1.44. The molecule has 8 nitrogen and oxygen atoms in total. The molecule has 4 aromatic rings. The molecule has 1 atom stereocenters. The van der Waals surface area contributed by atoms with Crippen molar-refractivity contribution < 1.29 is 13.9 Å². The second-order valence-corrected chi connectivity index (χ2v) is 7.60. The minimum absolute atomic E-state index is 0.126. The number of amides is 1. The Hall–Kier alpha value is -3.59. The number of aromatic nitrogens is 4. The van der Waals surface area contributed by atoms with Gasteiger partial charge >= 0.3 is 0 Å². The van der Waals surface area contributed by atoms with E-state index in [0.717, 1.165) is 11.4 Å². The zero-order valence-electron chi connectivity index (χ0n) is 17.1. The number of carbonyl (C=O) groups is 1. The van der Waals surface area contributed by atoms with Crippen LogP contribution in [0.25, 0.3) is 11.5 Å². The first-order chi connectivity index (χ1) is 15.2. The summed E-state index contributed by atoms with van der Waals surface area (Å²) in [5.74, 6) is 1.69. The summed E-state index contributed by atoms with van der Waals surface area (Å²) in [5, 5.41) is 11.5. The van der Waals surface area contributed by atoms with E-state index in [-0.39, 0.29) is 17.7 Å². The fourth-order valence-corrected chi connectivity index (χ4v) is 3.70. The number of ether oxygens (including phenoxy) is 1. The minimum atomic E-state index is -0.360. The summed E-state index contributed by atoms with van der Waals surface area (Å²) >= 11 is 1.18. The summed E-state index contributed by atoms with van der Waals surface area (Å²) in [4.78, 5) is 17.1. The van der Waals surface area contributed by atoms with Gasteiger partial charge in [-0.25, -0.2) is 4.98 Å². The molecule has 2 aromatic heterocycles. The molecule has 0 saturated heterocycles. The Kier molecular flexibility index (Phi) is 6.32. The third-order valence-corrected chi connectivity index (χ3v) is 5.44. The number of hydrogen-bond acceptors (Lipinski definition) is 7. The number of benzene rings is 2. The van der Waals surface area contributed by atoms with E-state index in [9.17, 15) is 4.79 Å². The molecule has 0 aliphatic carbocycles. The van der Waals surface area contributed by atoms with Crippen LogP contribution in [0.5, 0.6) is 5.75 Å². The molecular weight excluding hydrogens is 414 g/mol. The van der Waals surface area contributed by atoms with E-state index in [1.807, 2.05) is 72.4 Å². The molecule has 0 aliphatic rings. The van der Waals surface area contributed by atoms with Gasteiger partial charge in [-0.3, -0.25) is 4.79 Å². The van der Waals surface area contributed by atoms with Gasteiger partial charge < -0.3 is 19.0 Å². The van der Waals surface area contributed by atoms with Gasteiger partial charge in [0.05, 0.1) is 18.4 Å². The number of carbonyl (C=O) groups excluding carboxylic acids is 1. The maximum Gasteiger partial charge on any atom is 0.277 e. The fourth-order valence-electron chi connectivity index (χ4n) is 3.13. The summed E-state index contributed by atoms with van der Waals surface area (Å²) < 4.78 is 12.9. The molecule has 1 N–H and O–H groups in total. The zero-order chi connectivity index (χ0) is 21.6. The summed E-state index contributed by atoms with van der Waals surface area (Å²) in [6.07, 6.45) is 3.56. The van der Waals surface area contributed by atoms with Gasteiger partial charge in [-0.05, 0) is 17.7 Å². The Morgan fingerprint density at radius 3 is 2.68 bits per heavy atom. The second-order valence-electron chi connectivity index (χ2n) is 6.67. The molecule has 2 aromatic carbocycles. The van der Waals surface area contributed by atoms with E-state index in [1.54, 1.807) is 13.3 Å². The summed E-state index contributed by atoms with van der Waals surface area (Å²) in [6, 6.07) is 16.8. The smallest absolute Gasteiger partial charge is 0.277 e. The van der Waals surface area contributed by atoms with Crippen molar-refractivity contribution >= 4 is 17.7 Å². The molecular formula is C22H21N5O3S. The van der Waals surface area contributed by atoms with Crippen LogP contribution in [0, 0.1) is 0 Å². The summed E-state index contributed by atoms with van der Waals surface area (Å²) in [5.41, 5.74) is 1.65. The molecule has 158 valence electrons. The minimum Gasteiger partial charge on any atom is -0.496 e. The molecule has 0 spiro atoms. The van der Waals surface area contributed by atoms with Crippen LogP contribution in [0.1, 0.15) is 17.4 Å². The Bertz CT molecular complexity index is 1160. The van der Waals surface area contributed by atoms with Crippen molar-refractivity contribution in [3.63, 3.8) is 0 Å². The maximum atomic E-state index is 12.7. The van der Waals surface area contributed by atoms with Crippen molar-refractivity contribution in [3.05, 3.63) is 78.4 Å². The second kappa shape index (κ2) is 9.48. The molecule has 0 bridgehead atoms. The number of hydrogen-bond donors (Lipinski definition) is 1. The van der Waals surface area contributed by atoms with E-state index in [0.29, 0.717) is 22.4 Å². The van der Waals surface area contributed by atoms with Crippen LogP contribution < -0.4 is 10.1 Å². The van der Waals surface area contributed by atoms with Crippen LogP contribution >= 0.6 is 11.8 Å². The standard InChI is InChI=1S/C22H21N5O3S/c1-27-13-12-23-20(27)19(15-8-4-3-5-9-15)24-18(28)14-31-22-26-25-21(30-22)16-10-6-7-11-17(16)29-2/h3-13,19H,14H2,1-2H3,(H,24,28)/t19-/m0/s1. The van der Waals surface area contributed by atoms with E-state index in [4.69, 9.17) is 9.15 Å². The topological polar surface area (TPSA) is 95.1 Å². The van der Waals surface area contributed by atoms with Crippen molar-refractivity contribution in [2.75, 3.05) is 12.9 Å². The number of rotatable bonds is 8. The lowest BCUT2D eigenvalue weighted by atomic mass is 10.1. The van der Waals surface area contributed by atoms with Gasteiger partial charge in [-0.1, -0.05) is 54.2 Å². The molecule has 31 heavy (non-hydrogen) atoms. The molecule has 0 fully saturated rings. The summed E-state index contributed by atoms with van der Waals surface area (Å²) in [6.45, 7) is 0. The average molecular weight is 436 g/mol. The fraction of sp³-hybridized carbons (Fsp3) is 0.182. The van der Waals surface area contributed by atoms with Gasteiger partial charge in [-0.15, -0.1) is 10.2 Å². The molecule has 0 unspecified atom stereocenters. The highest BCUT2D eigenvalue weighted by molar-refractivity contribution is 7.99. The predicted octanol–water partition coefficient (Wildman–Crippen LogP) is 3.48. The van der Waals surface area contributed by atoms with Crippen molar-refractivity contribution in [1.82, 2.24) is 25.1 Å². The van der Waals surface area contributed by atoms with Crippen LogP contribution in [0.2, 0.25) is 0 Å². The highest BCUT2D eigenvalue weighted by Gasteiger charge is 2.21. The Morgan fingerprint density at radius 2 is 1.94 bits per heavy atom. The van der Waals surface area contributed by atoms with Crippen molar-refractivity contribution in [3.8, 4) is 17.2 Å². The number of imidazole rings is 1. The van der Waals surface area contributed by atoms with Crippen LogP contribution in [-0.4, -0.2) is 38.5 Å². The maximum absolute atomic E-state index is 12.7. The lowest BCUT2D eigenvalue weighted by Crippen LogP contribution is -2.32. The lowest BCUT2D eigenvalue weighted by Gasteiger charge is -2.19. The molecule has 1 amide bonds. The Labute approximate surface area is 183 Å². The first kappa shape index (κ1) is 20.7. The quantitative estimate of drug-likeness (QED) is 0.423. The largest absolute Gasteiger partial charge is 0.496 e. The number of para-hydroxylation sites is 1. The molecule has 4 rings (SSSR count). The van der Waals surface area contributed by atoms with Crippen LogP contribution in [0.15, 0.2) is 76.6 Å². The van der Waals surface area contributed by atoms with E-state index < -0.39 is 0 Å². The molecule has 0 aliphatic heterocycles. The third kappa shape index (κ3) is 4.77. The average Bonchev–Trinajstić information content (AvgIpc) is 3.45. The number of thioether (sulfide) groups is 1. The SMILES string of the molecule is COc1ccccc1-c1nnc(SCC(=O)N[C@@H](c2ccccc2)c2nccn2C)o1. The Morgan fingerprint density at radius 1 is 1.16 bits per heavy atom. The van der Waals surface area contributed by atoms with Gasteiger partial charge in [0.25, 0.3) is 11.1 Å². The van der Waals surface area contributed by atoms with Gasteiger partial charge in [0.1, 0.15) is 17.6 Å². The van der Waals surface area contributed by atoms with Crippen LogP contribution in [-0.2, 0) is 11.8 Å². The number of nitrogens with zero attached hydrogens (tertiary/aromatic N) is 4. The third-order valence-electron chi connectivity index (χ3n) is 4.63. The predicted molar refractivity (Wildman–Crippen MR) is 117 cm³/mol. The zero-order valence-corrected chi connectivity index (χ0v) is 17.9. The van der Waals surface area contributed by atoms with E-state index in [2.05, 4.69) is 20.5 Å². The number of aryl methyl sites for hydroxylation is 1. The highest BCUT2D eigenvalue weighted by Crippen LogP contribution is 2.30. The number of nitrogens with one attached hydrogen (secondary N) is 1.